The zero-order chi connectivity index (χ0) is 23.7. The average Bonchev–Trinajstić information content (AvgIpc) is 3.19. The van der Waals surface area contributed by atoms with Crippen molar-refractivity contribution in [2.24, 2.45) is 0 Å². The fourth-order valence-corrected chi connectivity index (χ4v) is 4.50. The van der Waals surface area contributed by atoms with Gasteiger partial charge in [0.1, 0.15) is 5.69 Å². The molecule has 33 heavy (non-hydrogen) atoms. The largest absolute Gasteiger partial charge is 0.477 e. The van der Waals surface area contributed by atoms with Gasteiger partial charge < -0.3 is 15.4 Å². The van der Waals surface area contributed by atoms with Crippen LogP contribution in [-0.4, -0.2) is 22.0 Å². The molecule has 5 heteroatoms. The van der Waals surface area contributed by atoms with E-state index in [4.69, 9.17) is 0 Å². The molecule has 0 unspecified atom stereocenters. The standard InChI is InChI=1S/C28H44N2O3/c1-2-3-4-5-6-7-8-9-10-11-12-13-14-15-16-21-26(31)29-22-24-23-19-17-18-20-25(23)30-27(24)28(32)33/h17-20,30H,2-16,21-22H2,1H3,(H,29,31)(H,32,33). The lowest BCUT2D eigenvalue weighted by atomic mass is 10.0. The number of H-pyrrole nitrogens is 1. The summed E-state index contributed by atoms with van der Waals surface area (Å²) in [4.78, 5) is 26.7. The number of aromatic amines is 1. The molecule has 1 amide bonds. The van der Waals surface area contributed by atoms with Gasteiger partial charge in [-0.2, -0.15) is 0 Å². The first-order valence-corrected chi connectivity index (χ1v) is 13.2. The van der Waals surface area contributed by atoms with Crippen LogP contribution in [0.25, 0.3) is 10.9 Å². The van der Waals surface area contributed by atoms with Crippen molar-refractivity contribution in [1.82, 2.24) is 10.3 Å². The Hall–Kier alpha value is -2.30. The van der Waals surface area contributed by atoms with E-state index in [1.54, 1.807) is 0 Å². The normalized spacial score (nSPS) is 11.2. The van der Waals surface area contributed by atoms with Gasteiger partial charge in [-0.25, -0.2) is 4.79 Å². The molecule has 1 heterocycles. The summed E-state index contributed by atoms with van der Waals surface area (Å²) in [7, 11) is 0. The number of hydrogen-bond acceptors (Lipinski definition) is 2. The number of fused-ring (bicyclic) bond motifs is 1. The first-order chi connectivity index (χ1) is 16.1. The Balaban J connectivity index is 1.47. The van der Waals surface area contributed by atoms with Crippen LogP contribution >= 0.6 is 0 Å². The molecule has 184 valence electrons. The van der Waals surface area contributed by atoms with Crippen LogP contribution in [0, 0.1) is 0 Å². The van der Waals surface area contributed by atoms with Crippen LogP contribution in [0.5, 0.6) is 0 Å². The number of aromatic carboxylic acids is 1. The van der Waals surface area contributed by atoms with E-state index in [0.29, 0.717) is 12.0 Å². The van der Waals surface area contributed by atoms with Crippen LogP contribution in [0.15, 0.2) is 24.3 Å². The van der Waals surface area contributed by atoms with Gasteiger partial charge in [-0.1, -0.05) is 115 Å². The molecule has 2 aromatic rings. The number of carbonyl (C=O) groups is 2. The first kappa shape index (κ1) is 26.9. The third kappa shape index (κ3) is 10.4. The van der Waals surface area contributed by atoms with Gasteiger partial charge in [0.05, 0.1) is 0 Å². The molecule has 0 saturated carbocycles. The van der Waals surface area contributed by atoms with E-state index in [0.717, 1.165) is 23.7 Å². The molecule has 0 spiro atoms. The number of nitrogens with one attached hydrogen (secondary N) is 2. The molecule has 5 nitrogen and oxygen atoms in total. The Labute approximate surface area is 199 Å². The van der Waals surface area contributed by atoms with Crippen LogP contribution in [0.2, 0.25) is 0 Å². The maximum Gasteiger partial charge on any atom is 0.352 e. The lowest BCUT2D eigenvalue weighted by molar-refractivity contribution is -0.121. The molecule has 1 aromatic carbocycles. The molecular formula is C28H44N2O3. The second-order valence-electron chi connectivity index (χ2n) is 9.31. The molecule has 0 radical (unpaired) electrons. The van der Waals surface area contributed by atoms with Crippen molar-refractivity contribution in [3.63, 3.8) is 0 Å². The summed E-state index contributed by atoms with van der Waals surface area (Å²) >= 11 is 0. The number of carboxylic acids is 1. The summed E-state index contributed by atoms with van der Waals surface area (Å²) in [6, 6.07) is 7.48. The Morgan fingerprint density at radius 3 is 1.85 bits per heavy atom. The van der Waals surface area contributed by atoms with Gasteiger partial charge in [-0.05, 0) is 12.5 Å². The van der Waals surface area contributed by atoms with E-state index in [1.807, 2.05) is 24.3 Å². The number of aromatic nitrogens is 1. The summed E-state index contributed by atoms with van der Waals surface area (Å²) in [6.07, 6.45) is 20.1. The first-order valence-electron chi connectivity index (χ1n) is 13.2. The van der Waals surface area contributed by atoms with E-state index >= 15 is 0 Å². The predicted octanol–water partition coefficient (Wildman–Crippen LogP) is 7.74. The van der Waals surface area contributed by atoms with Gasteiger partial charge in [0.2, 0.25) is 5.91 Å². The van der Waals surface area contributed by atoms with Gasteiger partial charge in [0.15, 0.2) is 0 Å². The molecule has 0 fully saturated rings. The van der Waals surface area contributed by atoms with Crippen molar-refractivity contribution in [3.05, 3.63) is 35.5 Å². The Morgan fingerprint density at radius 2 is 1.30 bits per heavy atom. The quantitative estimate of drug-likeness (QED) is 0.189. The highest BCUT2D eigenvalue weighted by atomic mass is 16.4. The number of benzene rings is 1. The van der Waals surface area contributed by atoms with Crippen molar-refractivity contribution in [3.8, 4) is 0 Å². The van der Waals surface area contributed by atoms with Crippen molar-refractivity contribution in [2.45, 2.75) is 116 Å². The minimum atomic E-state index is -1.00. The van der Waals surface area contributed by atoms with Crippen LogP contribution < -0.4 is 5.32 Å². The van der Waals surface area contributed by atoms with Crippen molar-refractivity contribution < 1.29 is 14.7 Å². The van der Waals surface area contributed by atoms with Gasteiger partial charge in [0, 0.05) is 29.4 Å². The summed E-state index contributed by atoms with van der Waals surface area (Å²) in [5.74, 6) is -1.01. The highest BCUT2D eigenvalue weighted by Crippen LogP contribution is 2.22. The third-order valence-electron chi connectivity index (χ3n) is 6.50. The van der Waals surface area contributed by atoms with Crippen LogP contribution in [-0.2, 0) is 11.3 Å². The van der Waals surface area contributed by atoms with Gasteiger partial charge in [-0.3, -0.25) is 4.79 Å². The van der Waals surface area contributed by atoms with Gasteiger partial charge in [-0.15, -0.1) is 0 Å². The summed E-state index contributed by atoms with van der Waals surface area (Å²) < 4.78 is 0. The highest BCUT2D eigenvalue weighted by Gasteiger charge is 2.17. The average molecular weight is 457 g/mol. The maximum absolute atomic E-state index is 12.2. The molecule has 2 rings (SSSR count). The lowest BCUT2D eigenvalue weighted by Crippen LogP contribution is -2.23. The summed E-state index contributed by atoms with van der Waals surface area (Å²) in [5.41, 5.74) is 1.58. The molecule has 3 N–H and O–H groups in total. The fraction of sp³-hybridized carbons (Fsp3) is 0.643. The summed E-state index contributed by atoms with van der Waals surface area (Å²) in [6.45, 7) is 2.51. The van der Waals surface area contributed by atoms with Gasteiger partial charge >= 0.3 is 5.97 Å². The minimum absolute atomic E-state index is 0.00804. The van der Waals surface area contributed by atoms with E-state index < -0.39 is 5.97 Å². The highest BCUT2D eigenvalue weighted by molar-refractivity contribution is 5.97. The van der Waals surface area contributed by atoms with Crippen LogP contribution in [0.1, 0.15) is 126 Å². The predicted molar refractivity (Wildman–Crippen MR) is 137 cm³/mol. The van der Waals surface area contributed by atoms with E-state index in [1.165, 1.54) is 83.5 Å². The number of amides is 1. The Morgan fingerprint density at radius 1 is 0.788 bits per heavy atom. The lowest BCUT2D eigenvalue weighted by Gasteiger charge is -2.06. The molecule has 0 atom stereocenters. The van der Waals surface area contributed by atoms with Crippen molar-refractivity contribution >= 4 is 22.8 Å². The number of hydrogen-bond donors (Lipinski definition) is 3. The molecule has 0 saturated heterocycles. The maximum atomic E-state index is 12.2. The van der Waals surface area contributed by atoms with E-state index in [-0.39, 0.29) is 18.1 Å². The zero-order valence-electron chi connectivity index (χ0n) is 20.6. The number of unbranched alkanes of at least 4 members (excludes halogenated alkanes) is 14. The monoisotopic (exact) mass is 456 g/mol. The molecule has 0 bridgehead atoms. The SMILES string of the molecule is CCCCCCCCCCCCCCCCCC(=O)NCc1c(C(=O)O)[nH]c2ccccc12. The van der Waals surface area contributed by atoms with Crippen molar-refractivity contribution in [1.29, 1.82) is 0 Å². The Bertz CT molecular complexity index is 828. The molecule has 1 aromatic heterocycles. The van der Waals surface area contributed by atoms with E-state index in [2.05, 4.69) is 17.2 Å². The number of carbonyl (C=O) groups excluding carboxylic acids is 1. The second kappa shape index (κ2) is 16.3. The van der Waals surface area contributed by atoms with E-state index in [9.17, 15) is 14.7 Å². The topological polar surface area (TPSA) is 82.2 Å². The van der Waals surface area contributed by atoms with Crippen LogP contribution in [0.4, 0.5) is 0 Å². The third-order valence-corrected chi connectivity index (χ3v) is 6.50. The Kier molecular flexibility index (Phi) is 13.3. The van der Waals surface area contributed by atoms with Crippen LogP contribution in [0.3, 0.4) is 0 Å². The molecule has 0 aliphatic carbocycles. The number of para-hydroxylation sites is 1. The molecule has 0 aliphatic heterocycles. The fourth-order valence-electron chi connectivity index (χ4n) is 4.50. The zero-order valence-corrected chi connectivity index (χ0v) is 20.6. The summed E-state index contributed by atoms with van der Waals surface area (Å²) in [5, 5.41) is 13.2. The number of carboxylic acid groups (broad SMARTS) is 1. The second-order valence-corrected chi connectivity index (χ2v) is 9.31. The van der Waals surface area contributed by atoms with Crippen molar-refractivity contribution in [2.75, 3.05) is 0 Å². The smallest absolute Gasteiger partial charge is 0.352 e. The van der Waals surface area contributed by atoms with Gasteiger partial charge in [0.25, 0.3) is 0 Å². The molecule has 0 aliphatic rings. The molecular weight excluding hydrogens is 412 g/mol. The number of rotatable bonds is 19. The minimum Gasteiger partial charge on any atom is -0.477 e.